The number of ether oxygens (including phenoxy) is 3. The van der Waals surface area contributed by atoms with E-state index in [1.807, 2.05) is 18.2 Å². The van der Waals surface area contributed by atoms with Gasteiger partial charge >= 0.3 is 6.02 Å². The molecule has 3 rings (SSSR count). The zero-order valence-corrected chi connectivity index (χ0v) is 8.53. The molecule has 1 N–H and O–H groups in total. The van der Waals surface area contributed by atoms with Gasteiger partial charge in [-0.25, -0.2) is 5.41 Å². The van der Waals surface area contributed by atoms with Crippen molar-refractivity contribution in [1.82, 2.24) is 0 Å². The van der Waals surface area contributed by atoms with Crippen LogP contribution in [-0.4, -0.2) is 31.6 Å². The summed E-state index contributed by atoms with van der Waals surface area (Å²) in [5.41, 5.74) is 1.66. The highest BCUT2D eigenvalue weighted by molar-refractivity contribution is 6.10. The Hall–Kier alpha value is -2.04. The molecule has 2 heterocycles. The zero-order valence-electron chi connectivity index (χ0n) is 8.53. The van der Waals surface area contributed by atoms with E-state index >= 15 is 0 Å². The number of amidine groups is 1. The number of hydrogen-bond acceptors (Lipinski definition) is 4. The summed E-state index contributed by atoms with van der Waals surface area (Å²) in [6.07, 6.45) is 0. The molecule has 1 aromatic carbocycles. The highest BCUT2D eigenvalue weighted by atomic mass is 16.6. The summed E-state index contributed by atoms with van der Waals surface area (Å²) < 4.78 is 15.9. The summed E-state index contributed by atoms with van der Waals surface area (Å²) in [4.78, 5) is 3.99. The molecule has 0 unspecified atom stereocenters. The Balaban J connectivity index is 1.97. The fraction of sp³-hybridized carbons (Fsp3) is 0.273. The second-order valence-electron chi connectivity index (χ2n) is 3.51. The summed E-state index contributed by atoms with van der Waals surface area (Å²) in [6.45, 7) is 1.49. The smallest absolute Gasteiger partial charge is 0.309 e. The topological polar surface area (TPSA) is 63.9 Å². The maximum atomic E-state index is 7.25. The third-order valence-electron chi connectivity index (χ3n) is 2.46. The number of nitrogens with one attached hydrogen (secondary N) is 1. The first-order valence-corrected chi connectivity index (χ1v) is 5.02. The zero-order chi connectivity index (χ0) is 11.0. The number of aliphatic imine (C=N–C) groups is 1. The van der Waals surface area contributed by atoms with Crippen molar-refractivity contribution in [3.8, 4) is 11.5 Å². The van der Waals surface area contributed by atoms with Crippen molar-refractivity contribution in [2.24, 2.45) is 4.99 Å². The fourth-order valence-corrected chi connectivity index (χ4v) is 1.69. The molecule has 2 aliphatic heterocycles. The van der Waals surface area contributed by atoms with Gasteiger partial charge in [0.05, 0.1) is 5.71 Å². The molecular formula is C11H10N2O3. The van der Waals surface area contributed by atoms with Gasteiger partial charge in [0.2, 0.25) is 0 Å². The lowest BCUT2D eigenvalue weighted by Crippen LogP contribution is -2.16. The molecule has 5 nitrogen and oxygen atoms in total. The minimum Gasteiger partial charge on any atom is -0.486 e. The Morgan fingerprint density at radius 1 is 1.06 bits per heavy atom. The van der Waals surface area contributed by atoms with Gasteiger partial charge < -0.3 is 14.2 Å². The van der Waals surface area contributed by atoms with E-state index in [-0.39, 0.29) is 6.02 Å². The van der Waals surface area contributed by atoms with Crippen LogP contribution in [0.1, 0.15) is 5.56 Å². The minimum atomic E-state index is -0.0371. The van der Waals surface area contributed by atoms with E-state index in [0.717, 1.165) is 22.8 Å². The number of benzene rings is 1. The van der Waals surface area contributed by atoms with Gasteiger partial charge in [0.15, 0.2) is 11.5 Å². The lowest BCUT2D eigenvalue weighted by molar-refractivity contribution is 0.171. The molecule has 0 atom stereocenters. The Labute approximate surface area is 92.2 Å². The molecule has 0 saturated heterocycles. The molecule has 0 fully saturated rings. The van der Waals surface area contributed by atoms with Crippen LogP contribution in [0.2, 0.25) is 0 Å². The first-order chi connectivity index (χ1) is 7.83. The van der Waals surface area contributed by atoms with E-state index in [2.05, 4.69) is 4.99 Å². The quantitative estimate of drug-likeness (QED) is 0.770. The SMILES string of the molecule is N=C1N=C(c2ccc3c(c2)OCCO3)CO1. The lowest BCUT2D eigenvalue weighted by Gasteiger charge is -2.18. The van der Waals surface area contributed by atoms with Crippen molar-refractivity contribution in [3.05, 3.63) is 23.8 Å². The predicted molar refractivity (Wildman–Crippen MR) is 57.6 cm³/mol. The highest BCUT2D eigenvalue weighted by Gasteiger charge is 2.18. The van der Waals surface area contributed by atoms with Gasteiger partial charge in [0.1, 0.15) is 19.8 Å². The minimum absolute atomic E-state index is 0.0371. The maximum Gasteiger partial charge on any atom is 0.309 e. The predicted octanol–water partition coefficient (Wildman–Crippen LogP) is 1.21. The molecule has 82 valence electrons. The fourth-order valence-electron chi connectivity index (χ4n) is 1.69. The van der Waals surface area contributed by atoms with Crippen molar-refractivity contribution in [1.29, 1.82) is 5.41 Å². The molecule has 5 heteroatoms. The van der Waals surface area contributed by atoms with Crippen molar-refractivity contribution in [3.63, 3.8) is 0 Å². The summed E-state index contributed by atoms with van der Waals surface area (Å²) in [7, 11) is 0. The van der Waals surface area contributed by atoms with Gasteiger partial charge in [0.25, 0.3) is 0 Å². The van der Waals surface area contributed by atoms with Crippen LogP contribution in [0.3, 0.4) is 0 Å². The van der Waals surface area contributed by atoms with E-state index < -0.39 is 0 Å². The molecule has 0 spiro atoms. The second-order valence-corrected chi connectivity index (χ2v) is 3.51. The molecule has 0 amide bonds. The van der Waals surface area contributed by atoms with E-state index in [0.29, 0.717) is 19.8 Å². The molecule has 0 aliphatic carbocycles. The van der Waals surface area contributed by atoms with Gasteiger partial charge in [0, 0.05) is 5.56 Å². The first-order valence-electron chi connectivity index (χ1n) is 5.02. The molecule has 1 aromatic rings. The Morgan fingerprint density at radius 3 is 2.62 bits per heavy atom. The van der Waals surface area contributed by atoms with Gasteiger partial charge in [-0.2, -0.15) is 4.99 Å². The summed E-state index contributed by atoms with van der Waals surface area (Å²) >= 11 is 0. The number of hydrogen-bond donors (Lipinski definition) is 1. The largest absolute Gasteiger partial charge is 0.486 e. The van der Waals surface area contributed by atoms with Gasteiger partial charge in [-0.05, 0) is 18.2 Å². The second kappa shape index (κ2) is 3.52. The third-order valence-corrected chi connectivity index (χ3v) is 2.46. The number of fused-ring (bicyclic) bond motifs is 1. The molecule has 0 radical (unpaired) electrons. The Morgan fingerprint density at radius 2 is 1.88 bits per heavy atom. The van der Waals surface area contributed by atoms with Gasteiger partial charge in [-0.15, -0.1) is 0 Å². The highest BCUT2D eigenvalue weighted by Crippen LogP contribution is 2.31. The third kappa shape index (κ3) is 1.50. The summed E-state index contributed by atoms with van der Waals surface area (Å²) in [5.74, 6) is 1.48. The maximum absolute atomic E-state index is 7.25. The van der Waals surface area contributed by atoms with Crippen LogP contribution in [-0.2, 0) is 4.74 Å². The monoisotopic (exact) mass is 218 g/mol. The van der Waals surface area contributed by atoms with Crippen LogP contribution in [0.15, 0.2) is 23.2 Å². The normalized spacial score (nSPS) is 18.0. The van der Waals surface area contributed by atoms with Crippen LogP contribution >= 0.6 is 0 Å². The molecular weight excluding hydrogens is 208 g/mol. The van der Waals surface area contributed by atoms with Crippen LogP contribution in [0.5, 0.6) is 11.5 Å². The van der Waals surface area contributed by atoms with Crippen molar-refractivity contribution < 1.29 is 14.2 Å². The number of nitrogens with zero attached hydrogens (tertiary/aromatic N) is 1. The lowest BCUT2D eigenvalue weighted by atomic mass is 10.1. The number of rotatable bonds is 1. The first kappa shape index (κ1) is 9.21. The molecule has 0 bridgehead atoms. The van der Waals surface area contributed by atoms with Crippen molar-refractivity contribution in [2.45, 2.75) is 0 Å². The Bertz CT molecular complexity index is 482. The molecule has 0 aromatic heterocycles. The van der Waals surface area contributed by atoms with Crippen LogP contribution < -0.4 is 9.47 Å². The van der Waals surface area contributed by atoms with Gasteiger partial charge in [-0.3, -0.25) is 0 Å². The van der Waals surface area contributed by atoms with Crippen LogP contribution in [0, 0.1) is 5.41 Å². The average Bonchev–Trinajstić information content (AvgIpc) is 2.75. The van der Waals surface area contributed by atoms with Gasteiger partial charge in [-0.1, -0.05) is 0 Å². The average molecular weight is 218 g/mol. The standard InChI is InChI=1S/C11H10N2O3/c12-11-13-8(6-16-11)7-1-2-9-10(5-7)15-4-3-14-9/h1-2,5,12H,3-4,6H2. The van der Waals surface area contributed by atoms with E-state index in [1.165, 1.54) is 0 Å². The van der Waals surface area contributed by atoms with Crippen LogP contribution in [0.4, 0.5) is 0 Å². The van der Waals surface area contributed by atoms with E-state index in [9.17, 15) is 0 Å². The van der Waals surface area contributed by atoms with E-state index in [4.69, 9.17) is 19.6 Å². The summed E-state index contributed by atoms with van der Waals surface area (Å²) in [6, 6.07) is 5.59. The van der Waals surface area contributed by atoms with Crippen LogP contribution in [0.25, 0.3) is 0 Å². The molecule has 2 aliphatic rings. The van der Waals surface area contributed by atoms with E-state index in [1.54, 1.807) is 0 Å². The van der Waals surface area contributed by atoms with Crippen molar-refractivity contribution in [2.75, 3.05) is 19.8 Å². The molecule has 0 saturated carbocycles. The summed E-state index contributed by atoms with van der Waals surface area (Å²) in [5, 5.41) is 7.25. The van der Waals surface area contributed by atoms with Crippen molar-refractivity contribution >= 4 is 11.7 Å². The Kier molecular flexibility index (Phi) is 2.02. The molecule has 16 heavy (non-hydrogen) atoms.